The van der Waals surface area contributed by atoms with E-state index in [0.29, 0.717) is 12.8 Å². The number of benzene rings is 3. The van der Waals surface area contributed by atoms with Crippen molar-refractivity contribution in [1.29, 1.82) is 0 Å². The summed E-state index contributed by atoms with van der Waals surface area (Å²) in [5.74, 6) is 1.18. The standard InChI is InChI=1S/C43H53N6O7P/c1-9-10-16-37(50)45-42-46-40-39(41(51)47-42)44-27-48(40)38-25-35(56-57(8)49(28(2)3)29(4)5)36(55-38)26-54-43(30-14-12-11-13-15-30,31-17-21-33(52-6)22-18-31)32-19-23-34(53-7)24-20-32/h9,11-15,17-24,27-29,35-36,38H,1,10,16,25-26H2,2-8H3,(H2,45,46,47,50,51)/t35-,36+,38+,57?/m0/s1. The highest BCUT2D eigenvalue weighted by Crippen LogP contribution is 2.48. The number of ether oxygens (including phenoxy) is 4. The number of methoxy groups -OCH3 is 2. The first-order chi connectivity index (χ1) is 27.5. The van der Waals surface area contributed by atoms with E-state index in [-0.39, 0.29) is 48.1 Å². The topological polar surface area (TPSA) is 142 Å². The molecule has 3 aromatic carbocycles. The summed E-state index contributed by atoms with van der Waals surface area (Å²) < 4.78 is 36.4. The predicted octanol–water partition coefficient (Wildman–Crippen LogP) is 7.78. The summed E-state index contributed by atoms with van der Waals surface area (Å²) in [4.78, 5) is 37.4. The minimum atomic E-state index is -1.08. The number of hydrogen-bond acceptors (Lipinski definition) is 10. The molecule has 0 radical (unpaired) electrons. The maximum atomic E-state index is 13.2. The van der Waals surface area contributed by atoms with Crippen LogP contribution in [0.1, 0.15) is 69.9 Å². The van der Waals surface area contributed by atoms with E-state index >= 15 is 0 Å². The quantitative estimate of drug-likeness (QED) is 0.0513. The lowest BCUT2D eigenvalue weighted by Crippen LogP contribution is -2.39. The number of nitrogens with zero attached hydrogens (tertiary/aromatic N) is 4. The van der Waals surface area contributed by atoms with Gasteiger partial charge in [0.25, 0.3) is 5.56 Å². The smallest absolute Gasteiger partial charge is 0.280 e. The Morgan fingerprint density at radius 1 is 1.00 bits per heavy atom. The number of fused-ring (bicyclic) bond motifs is 1. The molecule has 302 valence electrons. The van der Waals surface area contributed by atoms with Crippen LogP contribution in [0.3, 0.4) is 0 Å². The maximum absolute atomic E-state index is 13.2. The Hall–Kier alpha value is -4.91. The van der Waals surface area contributed by atoms with Gasteiger partial charge in [-0.05, 0) is 81.7 Å². The molecule has 5 aromatic rings. The van der Waals surface area contributed by atoms with Gasteiger partial charge in [0, 0.05) is 24.9 Å². The van der Waals surface area contributed by atoms with Crippen molar-refractivity contribution in [1.82, 2.24) is 24.2 Å². The van der Waals surface area contributed by atoms with Crippen LogP contribution in [0.4, 0.5) is 5.95 Å². The van der Waals surface area contributed by atoms with Crippen LogP contribution < -0.4 is 20.3 Å². The van der Waals surface area contributed by atoms with Crippen molar-refractivity contribution in [2.45, 2.75) is 83.1 Å². The molecule has 1 amide bonds. The molecule has 57 heavy (non-hydrogen) atoms. The molecule has 3 heterocycles. The number of hydrogen-bond donors (Lipinski definition) is 2. The molecule has 4 atom stereocenters. The Labute approximate surface area is 335 Å². The summed E-state index contributed by atoms with van der Waals surface area (Å²) in [7, 11) is 2.23. The van der Waals surface area contributed by atoms with Crippen LogP contribution in [0.25, 0.3) is 11.2 Å². The van der Waals surface area contributed by atoms with E-state index in [4.69, 9.17) is 23.5 Å². The van der Waals surface area contributed by atoms with Crippen LogP contribution in [0.15, 0.2) is 103 Å². The maximum Gasteiger partial charge on any atom is 0.280 e. The fraction of sp³-hybridized carbons (Fsp3) is 0.395. The van der Waals surface area contributed by atoms with E-state index in [1.807, 2.05) is 66.7 Å². The number of carbonyl (C=O) groups is 1. The highest BCUT2D eigenvalue weighted by atomic mass is 31.2. The molecule has 14 heteroatoms. The molecule has 1 aliphatic rings. The van der Waals surface area contributed by atoms with Crippen molar-refractivity contribution in [3.8, 4) is 11.5 Å². The monoisotopic (exact) mass is 796 g/mol. The second kappa shape index (κ2) is 18.6. The zero-order valence-electron chi connectivity index (χ0n) is 33.7. The number of amides is 1. The van der Waals surface area contributed by atoms with Gasteiger partial charge in [-0.3, -0.25) is 29.1 Å². The van der Waals surface area contributed by atoms with Crippen molar-refractivity contribution in [3.63, 3.8) is 0 Å². The molecule has 0 spiro atoms. The molecule has 1 aliphatic heterocycles. The molecule has 1 saturated heterocycles. The fourth-order valence-corrected chi connectivity index (χ4v) is 9.56. The minimum Gasteiger partial charge on any atom is -0.497 e. The second-order valence-corrected chi connectivity index (χ2v) is 16.1. The molecule has 1 unspecified atom stereocenters. The van der Waals surface area contributed by atoms with E-state index in [9.17, 15) is 9.59 Å². The van der Waals surface area contributed by atoms with E-state index in [1.54, 1.807) is 31.2 Å². The van der Waals surface area contributed by atoms with Gasteiger partial charge in [-0.25, -0.2) is 4.98 Å². The minimum absolute atomic E-state index is 0.0298. The zero-order chi connectivity index (χ0) is 40.7. The summed E-state index contributed by atoms with van der Waals surface area (Å²) in [5.41, 5.74) is 1.55. The number of imidazole rings is 1. The Balaban J connectivity index is 1.41. The average Bonchev–Trinajstić information content (AvgIpc) is 3.82. The number of aromatic nitrogens is 4. The van der Waals surface area contributed by atoms with E-state index in [0.717, 1.165) is 28.2 Å². The van der Waals surface area contributed by atoms with Crippen molar-refractivity contribution in [2.24, 2.45) is 0 Å². The molecule has 1 fully saturated rings. The van der Waals surface area contributed by atoms with Gasteiger partial charge < -0.3 is 23.5 Å². The molecule has 13 nitrogen and oxygen atoms in total. The van der Waals surface area contributed by atoms with Gasteiger partial charge >= 0.3 is 0 Å². The van der Waals surface area contributed by atoms with Crippen molar-refractivity contribution >= 4 is 31.3 Å². The van der Waals surface area contributed by atoms with Gasteiger partial charge in [-0.1, -0.05) is 60.7 Å². The van der Waals surface area contributed by atoms with Crippen LogP contribution in [-0.4, -0.2) is 81.9 Å². The molecule has 0 saturated carbocycles. The number of aromatic amines is 1. The number of rotatable bonds is 18. The lowest BCUT2D eigenvalue weighted by Gasteiger charge is -2.39. The van der Waals surface area contributed by atoms with E-state index in [1.165, 1.54) is 0 Å². The second-order valence-electron chi connectivity index (χ2n) is 14.5. The first-order valence-corrected chi connectivity index (χ1v) is 20.8. The highest BCUT2D eigenvalue weighted by Gasteiger charge is 2.44. The van der Waals surface area contributed by atoms with Crippen molar-refractivity contribution < 1.29 is 28.3 Å². The van der Waals surface area contributed by atoms with E-state index in [2.05, 4.69) is 78.0 Å². The first-order valence-electron chi connectivity index (χ1n) is 19.2. The van der Waals surface area contributed by atoms with Crippen LogP contribution in [0.5, 0.6) is 11.5 Å². The number of nitrogens with one attached hydrogen (secondary N) is 2. The summed E-state index contributed by atoms with van der Waals surface area (Å²) in [5, 5.41) is 2.69. The van der Waals surface area contributed by atoms with Gasteiger partial charge in [0.1, 0.15) is 37.7 Å². The van der Waals surface area contributed by atoms with E-state index < -0.39 is 37.9 Å². The third-order valence-corrected chi connectivity index (χ3v) is 12.2. The third kappa shape index (κ3) is 9.14. The molecule has 0 bridgehead atoms. The first kappa shape index (κ1) is 41.7. The zero-order valence-corrected chi connectivity index (χ0v) is 34.6. The fourth-order valence-electron chi connectivity index (χ4n) is 7.53. The van der Waals surface area contributed by atoms with Gasteiger partial charge in [-0.2, -0.15) is 4.98 Å². The number of allylic oxidation sites excluding steroid dienone is 1. The highest BCUT2D eigenvalue weighted by molar-refractivity contribution is 7.49. The molecule has 0 aliphatic carbocycles. The number of anilines is 1. The summed E-state index contributed by atoms with van der Waals surface area (Å²) in [6.07, 6.45) is 2.74. The average molecular weight is 797 g/mol. The third-order valence-electron chi connectivity index (χ3n) is 10.1. The van der Waals surface area contributed by atoms with Gasteiger partial charge in [-0.15, -0.1) is 6.58 Å². The van der Waals surface area contributed by atoms with Crippen molar-refractivity contribution in [3.05, 3.63) is 125 Å². The van der Waals surface area contributed by atoms with Crippen molar-refractivity contribution in [2.75, 3.05) is 32.8 Å². The molecule has 6 rings (SSSR count). The van der Waals surface area contributed by atoms with Crippen LogP contribution >= 0.6 is 8.30 Å². The predicted molar refractivity (Wildman–Crippen MR) is 223 cm³/mol. The Kier molecular flexibility index (Phi) is 13.6. The normalized spacial score (nSPS) is 17.7. The van der Waals surface area contributed by atoms with Gasteiger partial charge in [0.05, 0.1) is 33.3 Å². The lowest BCUT2D eigenvalue weighted by molar-refractivity contribution is -0.116. The largest absolute Gasteiger partial charge is 0.497 e. The van der Waals surface area contributed by atoms with Gasteiger partial charge in [0.2, 0.25) is 11.9 Å². The molecule has 2 N–H and O–H groups in total. The summed E-state index contributed by atoms with van der Waals surface area (Å²) >= 11 is 0. The van der Waals surface area contributed by atoms with Crippen LogP contribution in [0.2, 0.25) is 0 Å². The Bertz CT molecular complexity index is 2100. The van der Waals surface area contributed by atoms with Gasteiger partial charge in [0.15, 0.2) is 11.2 Å². The number of carbonyl (C=O) groups excluding carboxylic acids is 1. The Morgan fingerprint density at radius 2 is 1.60 bits per heavy atom. The summed E-state index contributed by atoms with van der Waals surface area (Å²) in [6, 6.07) is 26.4. The summed E-state index contributed by atoms with van der Waals surface area (Å²) in [6.45, 7) is 14.6. The SMILES string of the molecule is C=CCCC(=O)Nc1nc2c(ncn2[C@H]2C[C@H](OP(C)N(C(C)C)C(C)C)[C@@H](COC(c3ccccc3)(c3ccc(OC)cc3)c3ccc(OC)cc3)O2)c(=O)[nH]1. The molecular weight excluding hydrogens is 743 g/mol. The number of H-pyrrole nitrogens is 1. The molecular formula is C43H53N6O7P. The molecule has 2 aromatic heterocycles. The van der Waals surface area contributed by atoms with Crippen LogP contribution in [0, 0.1) is 0 Å². The Morgan fingerprint density at radius 3 is 2.16 bits per heavy atom. The lowest BCUT2D eigenvalue weighted by atomic mass is 9.80. The van der Waals surface area contributed by atoms with Crippen LogP contribution in [-0.2, 0) is 24.4 Å².